The van der Waals surface area contributed by atoms with Crippen LogP contribution >= 0.6 is 10.8 Å². The molecule has 3 aromatic carbocycles. The Morgan fingerprint density at radius 1 is 1.12 bits per heavy atom. The standard InChI is InChI=1S/C32H40N4O5S/c1-7-24-19-35(42(39,40)28-12-10-9-11-27(28)41-24)18-23-17-22(14-13-20(23)3)29(32(5,6)31(37)38)25-15-16-26-30(21(25)4)33-34-36(26)8-2/h9-17,24,29,39-40H,7-8,18-19H2,1-6H3,(H,37,38). The zero-order chi connectivity index (χ0) is 30.4. The normalized spacial score (nSPS) is 18.6. The van der Waals surface area contributed by atoms with Gasteiger partial charge in [0.15, 0.2) is 0 Å². The molecule has 0 saturated carbocycles. The van der Waals surface area contributed by atoms with Gasteiger partial charge in [0.25, 0.3) is 0 Å². The largest absolute Gasteiger partial charge is 0.487 e. The number of carboxylic acids is 1. The van der Waals surface area contributed by atoms with E-state index in [1.54, 1.807) is 36.4 Å². The van der Waals surface area contributed by atoms with Gasteiger partial charge in [-0.25, -0.2) is 4.68 Å². The number of aromatic nitrogens is 3. The highest BCUT2D eigenvalue weighted by Gasteiger charge is 2.41. The van der Waals surface area contributed by atoms with Crippen LogP contribution in [0.3, 0.4) is 0 Å². The zero-order valence-electron chi connectivity index (χ0n) is 25.0. The average Bonchev–Trinajstić information content (AvgIpc) is 3.34. The Labute approximate surface area is 248 Å². The third-order valence-corrected chi connectivity index (χ3v) is 10.5. The van der Waals surface area contributed by atoms with Crippen molar-refractivity contribution in [2.45, 2.75) is 78.0 Å². The van der Waals surface area contributed by atoms with Crippen LogP contribution in [0.4, 0.5) is 0 Å². The molecular formula is C32H40N4O5S. The van der Waals surface area contributed by atoms with Crippen LogP contribution in [0.2, 0.25) is 0 Å². The quantitative estimate of drug-likeness (QED) is 0.200. The Morgan fingerprint density at radius 3 is 2.55 bits per heavy atom. The van der Waals surface area contributed by atoms with E-state index in [0.29, 0.717) is 30.2 Å². The fraction of sp³-hybridized carbons (Fsp3) is 0.406. The van der Waals surface area contributed by atoms with Gasteiger partial charge in [0.2, 0.25) is 0 Å². The van der Waals surface area contributed by atoms with E-state index in [2.05, 4.69) is 10.3 Å². The molecule has 1 aliphatic rings. The topological polar surface area (TPSA) is 121 Å². The molecule has 0 radical (unpaired) electrons. The second-order valence-electron chi connectivity index (χ2n) is 11.6. The molecule has 224 valence electrons. The van der Waals surface area contributed by atoms with E-state index < -0.39 is 28.1 Å². The summed E-state index contributed by atoms with van der Waals surface area (Å²) in [4.78, 5) is 13.1. The van der Waals surface area contributed by atoms with Gasteiger partial charge in [0, 0.05) is 19.0 Å². The van der Waals surface area contributed by atoms with E-state index in [4.69, 9.17) is 4.74 Å². The van der Waals surface area contributed by atoms with Crippen LogP contribution in [0, 0.1) is 19.3 Å². The number of aryl methyl sites for hydroxylation is 3. The molecule has 0 aliphatic carbocycles. The van der Waals surface area contributed by atoms with Crippen LogP contribution < -0.4 is 4.74 Å². The molecule has 3 N–H and O–H groups in total. The molecule has 0 spiro atoms. The number of ether oxygens (including phenoxy) is 1. The minimum absolute atomic E-state index is 0.215. The lowest BCUT2D eigenvalue weighted by atomic mass is 9.69. The molecule has 42 heavy (non-hydrogen) atoms. The monoisotopic (exact) mass is 592 g/mol. The Kier molecular flexibility index (Phi) is 8.10. The van der Waals surface area contributed by atoms with Gasteiger partial charge in [-0.2, -0.15) is 4.31 Å². The van der Waals surface area contributed by atoms with Crippen molar-refractivity contribution in [1.29, 1.82) is 0 Å². The highest BCUT2D eigenvalue weighted by Crippen LogP contribution is 2.57. The predicted octanol–water partition coefficient (Wildman–Crippen LogP) is 7.01. The third kappa shape index (κ3) is 5.17. The van der Waals surface area contributed by atoms with Gasteiger partial charge in [-0.05, 0) is 87.1 Å². The summed E-state index contributed by atoms with van der Waals surface area (Å²) in [6, 6.07) is 17.0. The summed E-state index contributed by atoms with van der Waals surface area (Å²) >= 11 is 0. The van der Waals surface area contributed by atoms with Crippen LogP contribution in [0.15, 0.2) is 59.5 Å². The van der Waals surface area contributed by atoms with Gasteiger partial charge in [-0.15, -0.1) is 15.9 Å². The predicted molar refractivity (Wildman–Crippen MR) is 165 cm³/mol. The number of carbonyl (C=O) groups is 1. The summed E-state index contributed by atoms with van der Waals surface area (Å²) < 4.78 is 32.8. The zero-order valence-corrected chi connectivity index (χ0v) is 25.9. The number of hydrogen-bond donors (Lipinski definition) is 3. The van der Waals surface area contributed by atoms with Crippen molar-refractivity contribution in [2.75, 3.05) is 6.54 Å². The first-order chi connectivity index (χ1) is 19.9. The lowest BCUT2D eigenvalue weighted by molar-refractivity contribution is -0.147. The molecule has 10 heteroatoms. The number of rotatable bonds is 8. The molecular weight excluding hydrogens is 552 g/mol. The molecule has 0 saturated heterocycles. The Hall–Kier alpha value is -3.44. The summed E-state index contributed by atoms with van der Waals surface area (Å²) in [5, 5.41) is 19.1. The molecule has 1 aromatic heterocycles. The molecule has 2 heterocycles. The van der Waals surface area contributed by atoms with E-state index in [-0.39, 0.29) is 12.6 Å². The van der Waals surface area contributed by atoms with E-state index in [1.165, 1.54) is 0 Å². The number of hydrogen-bond acceptors (Lipinski definition) is 7. The van der Waals surface area contributed by atoms with Gasteiger partial charge < -0.3 is 9.84 Å². The first-order valence-corrected chi connectivity index (χ1v) is 15.8. The van der Waals surface area contributed by atoms with Crippen molar-refractivity contribution in [3.05, 3.63) is 82.4 Å². The highest BCUT2D eigenvalue weighted by atomic mass is 32.3. The molecule has 4 aromatic rings. The molecule has 1 aliphatic heterocycles. The molecule has 2 unspecified atom stereocenters. The van der Waals surface area contributed by atoms with Crippen molar-refractivity contribution in [3.63, 3.8) is 0 Å². The second kappa shape index (κ2) is 11.3. The van der Waals surface area contributed by atoms with E-state index >= 15 is 0 Å². The van der Waals surface area contributed by atoms with Crippen LogP contribution in [0.5, 0.6) is 5.75 Å². The highest BCUT2D eigenvalue weighted by molar-refractivity contribution is 8.22. The summed E-state index contributed by atoms with van der Waals surface area (Å²) in [5.41, 5.74) is 5.00. The second-order valence-corrected chi connectivity index (χ2v) is 13.6. The van der Waals surface area contributed by atoms with Crippen LogP contribution in [0.25, 0.3) is 11.0 Å². The molecule has 0 amide bonds. The van der Waals surface area contributed by atoms with Crippen molar-refractivity contribution in [3.8, 4) is 5.75 Å². The summed E-state index contributed by atoms with van der Waals surface area (Å²) in [6.45, 7) is 12.8. The van der Waals surface area contributed by atoms with Crippen LogP contribution in [-0.4, -0.2) is 52.1 Å². The maximum Gasteiger partial charge on any atom is 0.310 e. The van der Waals surface area contributed by atoms with E-state index in [1.807, 2.05) is 68.8 Å². The SMILES string of the molecule is CCC1CN(Cc2cc(C(c3ccc4c(nnn4CC)c3C)C(C)(C)C(=O)O)ccc2C)S(O)(O)c2ccccc2O1. The van der Waals surface area contributed by atoms with Gasteiger partial charge in [0.05, 0.1) is 17.5 Å². The number of benzene rings is 3. The van der Waals surface area contributed by atoms with Gasteiger partial charge >= 0.3 is 5.97 Å². The molecule has 2 atom stereocenters. The maximum absolute atomic E-state index is 12.7. The van der Waals surface area contributed by atoms with Crippen LogP contribution in [-0.2, 0) is 17.9 Å². The molecule has 5 rings (SSSR count). The van der Waals surface area contributed by atoms with E-state index in [0.717, 1.165) is 38.9 Å². The smallest absolute Gasteiger partial charge is 0.310 e. The van der Waals surface area contributed by atoms with Crippen molar-refractivity contribution < 1.29 is 23.7 Å². The number of aliphatic carboxylic acids is 1. The Balaban J connectivity index is 1.61. The van der Waals surface area contributed by atoms with Crippen molar-refractivity contribution in [1.82, 2.24) is 19.3 Å². The van der Waals surface area contributed by atoms with Crippen LogP contribution in [0.1, 0.15) is 67.9 Å². The first-order valence-electron chi connectivity index (χ1n) is 14.3. The van der Waals surface area contributed by atoms with E-state index in [9.17, 15) is 19.0 Å². The lowest BCUT2D eigenvalue weighted by Gasteiger charge is -2.42. The maximum atomic E-state index is 12.7. The molecule has 9 nitrogen and oxygen atoms in total. The Bertz CT molecular complexity index is 1630. The minimum atomic E-state index is -3.34. The van der Waals surface area contributed by atoms with Gasteiger partial charge in [-0.3, -0.25) is 13.9 Å². The molecule has 0 fully saturated rings. The lowest BCUT2D eigenvalue weighted by Crippen LogP contribution is -2.35. The number of carboxylic acid groups (broad SMARTS) is 1. The van der Waals surface area contributed by atoms with Crippen molar-refractivity contribution in [2.24, 2.45) is 5.41 Å². The van der Waals surface area contributed by atoms with Crippen molar-refractivity contribution >= 4 is 27.8 Å². The number of nitrogens with zero attached hydrogens (tertiary/aromatic N) is 4. The fourth-order valence-electron chi connectivity index (χ4n) is 5.90. The third-order valence-electron chi connectivity index (χ3n) is 8.58. The number of para-hydroxylation sites is 1. The average molecular weight is 593 g/mol. The van der Waals surface area contributed by atoms with Gasteiger partial charge in [0.1, 0.15) is 22.3 Å². The van der Waals surface area contributed by atoms with Gasteiger partial charge in [-0.1, -0.05) is 48.5 Å². The minimum Gasteiger partial charge on any atom is -0.487 e. The Morgan fingerprint density at radius 2 is 1.86 bits per heavy atom. The first kappa shape index (κ1) is 30.0. The summed E-state index contributed by atoms with van der Waals surface area (Å²) in [6.07, 6.45) is 0.492. The fourth-order valence-corrected chi connectivity index (χ4v) is 7.52. The summed E-state index contributed by atoms with van der Waals surface area (Å²) in [7, 11) is -3.34. The number of fused-ring (bicyclic) bond motifs is 2. The summed E-state index contributed by atoms with van der Waals surface area (Å²) in [5.74, 6) is -0.915. The molecule has 0 bridgehead atoms.